The molecule has 2 N–H and O–H groups in total. The number of hydrogen-bond acceptors (Lipinski definition) is 4. The van der Waals surface area contributed by atoms with Gasteiger partial charge in [0, 0.05) is 17.3 Å². The molecule has 0 unspecified atom stereocenters. The minimum atomic E-state index is -0.291. The largest absolute Gasteiger partial charge is 0.493 e. The van der Waals surface area contributed by atoms with Gasteiger partial charge >= 0.3 is 0 Å². The van der Waals surface area contributed by atoms with Crippen LogP contribution in [0.1, 0.15) is 45.4 Å². The van der Waals surface area contributed by atoms with Crippen molar-refractivity contribution in [2.75, 3.05) is 19.5 Å². The third kappa shape index (κ3) is 3.24. The molecule has 1 aromatic rings. The average molecular weight is 358 g/mol. The van der Waals surface area contributed by atoms with E-state index < -0.39 is 0 Å². The van der Waals surface area contributed by atoms with E-state index in [4.69, 9.17) is 9.47 Å². The number of rotatable bonds is 6. The monoisotopic (exact) mass is 358 g/mol. The Morgan fingerprint density at radius 2 is 1.62 bits per heavy atom. The summed E-state index contributed by atoms with van der Waals surface area (Å²) >= 11 is 0. The third-order valence-electron chi connectivity index (χ3n) is 6.59. The standard InChI is InChI=1S/C21H30N2O3/c1-13(22-17-4-5-18(25-2)19(9-17)26-3)20(24)23-21-10-14-6-15(11-21)8-16(7-14)12-21/h4-5,9,13-16,22H,6-8,10-12H2,1-3H3,(H,23,24)/t13-,14?,15?,16?,21?/m1/s1. The highest BCUT2D eigenvalue weighted by atomic mass is 16.5. The van der Waals surface area contributed by atoms with E-state index in [0.29, 0.717) is 11.5 Å². The first kappa shape index (κ1) is 17.5. The molecule has 0 saturated heterocycles. The number of methoxy groups -OCH3 is 2. The Bertz CT molecular complexity index is 653. The zero-order valence-electron chi connectivity index (χ0n) is 16.0. The van der Waals surface area contributed by atoms with Gasteiger partial charge in [0.05, 0.1) is 14.2 Å². The second-order valence-corrected chi connectivity index (χ2v) is 8.62. The van der Waals surface area contributed by atoms with Crippen molar-refractivity contribution in [1.82, 2.24) is 5.32 Å². The Kier molecular flexibility index (Phi) is 4.49. The average Bonchev–Trinajstić information content (AvgIpc) is 2.59. The van der Waals surface area contributed by atoms with E-state index in [1.165, 1.54) is 38.5 Å². The summed E-state index contributed by atoms with van der Waals surface area (Å²) in [5.74, 6) is 3.93. The van der Waals surface area contributed by atoms with Crippen molar-refractivity contribution in [3.05, 3.63) is 18.2 Å². The molecule has 0 aliphatic heterocycles. The van der Waals surface area contributed by atoms with Crippen LogP contribution in [-0.2, 0) is 4.79 Å². The first-order valence-corrected chi connectivity index (χ1v) is 9.81. The summed E-state index contributed by atoms with van der Waals surface area (Å²) in [5.41, 5.74) is 0.912. The number of ether oxygens (including phenoxy) is 2. The van der Waals surface area contributed by atoms with Crippen LogP contribution in [0.5, 0.6) is 11.5 Å². The molecular formula is C21H30N2O3. The van der Waals surface area contributed by atoms with E-state index >= 15 is 0 Å². The summed E-state index contributed by atoms with van der Waals surface area (Å²) in [7, 11) is 3.23. The fourth-order valence-corrected chi connectivity index (χ4v) is 5.87. The molecule has 1 atom stereocenters. The Labute approximate surface area is 155 Å². The second-order valence-electron chi connectivity index (χ2n) is 8.62. The number of hydrogen-bond donors (Lipinski definition) is 2. The summed E-state index contributed by atoms with van der Waals surface area (Å²) in [6, 6.07) is 5.34. The molecule has 0 spiro atoms. The van der Waals surface area contributed by atoms with Crippen molar-refractivity contribution in [3.8, 4) is 11.5 Å². The maximum atomic E-state index is 12.9. The first-order chi connectivity index (χ1) is 12.5. The van der Waals surface area contributed by atoms with Gasteiger partial charge in [0.1, 0.15) is 6.04 Å². The van der Waals surface area contributed by atoms with Gasteiger partial charge in [-0.15, -0.1) is 0 Å². The highest BCUT2D eigenvalue weighted by Crippen LogP contribution is 2.55. The van der Waals surface area contributed by atoms with E-state index in [2.05, 4.69) is 10.6 Å². The molecular weight excluding hydrogens is 328 g/mol. The molecule has 5 heteroatoms. The van der Waals surface area contributed by atoms with Crippen LogP contribution in [0.3, 0.4) is 0 Å². The van der Waals surface area contributed by atoms with E-state index in [-0.39, 0.29) is 17.5 Å². The number of carbonyl (C=O) groups excluding carboxylic acids is 1. The van der Waals surface area contributed by atoms with Gasteiger partial charge in [-0.1, -0.05) is 0 Å². The molecule has 0 heterocycles. The van der Waals surface area contributed by atoms with E-state index in [1.807, 2.05) is 25.1 Å². The summed E-state index contributed by atoms with van der Waals surface area (Å²) in [5, 5.41) is 6.74. The van der Waals surface area contributed by atoms with E-state index in [0.717, 1.165) is 23.4 Å². The molecule has 5 rings (SSSR count). The predicted molar refractivity (Wildman–Crippen MR) is 102 cm³/mol. The lowest BCUT2D eigenvalue weighted by atomic mass is 9.53. The first-order valence-electron chi connectivity index (χ1n) is 9.81. The van der Waals surface area contributed by atoms with Crippen LogP contribution in [-0.4, -0.2) is 31.7 Å². The molecule has 0 radical (unpaired) electrons. The van der Waals surface area contributed by atoms with Crippen LogP contribution in [0.25, 0.3) is 0 Å². The molecule has 1 aromatic carbocycles. The molecule has 0 aromatic heterocycles. The molecule has 4 saturated carbocycles. The number of carbonyl (C=O) groups is 1. The maximum Gasteiger partial charge on any atom is 0.242 e. The SMILES string of the molecule is COc1ccc(N[C@H](C)C(=O)NC23CC4CC(CC(C4)C2)C3)cc1OC. The van der Waals surface area contributed by atoms with Crippen molar-refractivity contribution in [2.45, 2.75) is 57.0 Å². The Balaban J connectivity index is 1.41. The second kappa shape index (κ2) is 6.67. The normalized spacial score (nSPS) is 32.8. The lowest BCUT2D eigenvalue weighted by Gasteiger charge is -2.57. The van der Waals surface area contributed by atoms with Crippen molar-refractivity contribution in [3.63, 3.8) is 0 Å². The van der Waals surface area contributed by atoms with Crippen LogP contribution in [0.4, 0.5) is 5.69 Å². The molecule has 4 bridgehead atoms. The van der Waals surface area contributed by atoms with E-state index in [1.54, 1.807) is 14.2 Å². The quantitative estimate of drug-likeness (QED) is 0.816. The van der Waals surface area contributed by atoms with Crippen molar-refractivity contribution >= 4 is 11.6 Å². The number of benzene rings is 1. The minimum Gasteiger partial charge on any atom is -0.493 e. The molecule has 1 amide bonds. The zero-order chi connectivity index (χ0) is 18.3. The van der Waals surface area contributed by atoms with Gasteiger partial charge in [-0.2, -0.15) is 0 Å². The van der Waals surface area contributed by atoms with E-state index in [9.17, 15) is 4.79 Å². The Morgan fingerprint density at radius 1 is 1.04 bits per heavy atom. The van der Waals surface area contributed by atoms with Gasteiger partial charge in [-0.25, -0.2) is 0 Å². The summed E-state index contributed by atoms with van der Waals surface area (Å²) in [6.45, 7) is 1.92. The number of nitrogens with one attached hydrogen (secondary N) is 2. The molecule has 4 fully saturated rings. The van der Waals surface area contributed by atoms with Gasteiger partial charge in [-0.05, 0) is 75.3 Å². The summed E-state index contributed by atoms with van der Waals surface area (Å²) < 4.78 is 10.6. The molecule has 4 aliphatic rings. The maximum absolute atomic E-state index is 12.9. The highest BCUT2D eigenvalue weighted by Gasteiger charge is 2.51. The van der Waals surface area contributed by atoms with Gasteiger partial charge in [0.25, 0.3) is 0 Å². The van der Waals surface area contributed by atoms with Crippen molar-refractivity contribution < 1.29 is 14.3 Å². The smallest absolute Gasteiger partial charge is 0.242 e. The third-order valence-corrected chi connectivity index (χ3v) is 6.59. The molecule has 5 nitrogen and oxygen atoms in total. The van der Waals surface area contributed by atoms with Gasteiger partial charge in [-0.3, -0.25) is 4.79 Å². The van der Waals surface area contributed by atoms with Crippen LogP contribution < -0.4 is 20.1 Å². The van der Waals surface area contributed by atoms with Gasteiger partial charge < -0.3 is 20.1 Å². The number of anilines is 1. The molecule has 4 aliphatic carbocycles. The zero-order valence-corrected chi connectivity index (χ0v) is 16.0. The Morgan fingerprint density at radius 3 is 2.15 bits per heavy atom. The lowest BCUT2D eigenvalue weighted by Crippen LogP contribution is -2.61. The molecule has 26 heavy (non-hydrogen) atoms. The lowest BCUT2D eigenvalue weighted by molar-refractivity contribution is -0.127. The van der Waals surface area contributed by atoms with Gasteiger partial charge in [0.2, 0.25) is 5.91 Å². The van der Waals surface area contributed by atoms with Crippen molar-refractivity contribution in [1.29, 1.82) is 0 Å². The minimum absolute atomic E-state index is 0.0549. The van der Waals surface area contributed by atoms with Crippen LogP contribution >= 0.6 is 0 Å². The highest BCUT2D eigenvalue weighted by molar-refractivity contribution is 5.85. The Hall–Kier alpha value is -1.91. The fraction of sp³-hybridized carbons (Fsp3) is 0.667. The van der Waals surface area contributed by atoms with Crippen LogP contribution in [0, 0.1) is 17.8 Å². The fourth-order valence-electron chi connectivity index (χ4n) is 5.87. The van der Waals surface area contributed by atoms with Gasteiger partial charge in [0.15, 0.2) is 11.5 Å². The van der Waals surface area contributed by atoms with Crippen molar-refractivity contribution in [2.24, 2.45) is 17.8 Å². The summed E-state index contributed by atoms with van der Waals surface area (Å²) in [6.07, 6.45) is 7.67. The number of amides is 1. The topological polar surface area (TPSA) is 59.6 Å². The summed E-state index contributed by atoms with van der Waals surface area (Å²) in [4.78, 5) is 12.9. The van der Waals surface area contributed by atoms with Crippen LogP contribution in [0.2, 0.25) is 0 Å². The predicted octanol–water partition coefficient (Wildman–Crippen LogP) is 3.59. The van der Waals surface area contributed by atoms with Crippen LogP contribution in [0.15, 0.2) is 18.2 Å². The molecule has 142 valence electrons.